The van der Waals surface area contributed by atoms with Crippen molar-refractivity contribution in [1.82, 2.24) is 0 Å². The van der Waals surface area contributed by atoms with E-state index in [-0.39, 0.29) is 36.6 Å². The van der Waals surface area contributed by atoms with Gasteiger partial charge in [0.1, 0.15) is 6.61 Å². The van der Waals surface area contributed by atoms with Gasteiger partial charge in [0, 0.05) is 33.6 Å². The van der Waals surface area contributed by atoms with Crippen LogP contribution in [0.4, 0.5) is 5.69 Å². The Bertz CT molecular complexity index is 1690. The van der Waals surface area contributed by atoms with Crippen molar-refractivity contribution in [2.24, 2.45) is 28.6 Å². The lowest BCUT2D eigenvalue weighted by molar-refractivity contribution is -0.200. The van der Waals surface area contributed by atoms with Gasteiger partial charge in [0.15, 0.2) is 23.5 Å². The lowest BCUT2D eigenvalue weighted by Crippen LogP contribution is -2.63. The minimum absolute atomic E-state index is 0.0314. The Balaban J connectivity index is 1.18. The van der Waals surface area contributed by atoms with Crippen LogP contribution < -0.4 is 5.73 Å². The predicted molar refractivity (Wildman–Crippen MR) is 173 cm³/mol. The van der Waals surface area contributed by atoms with Crippen molar-refractivity contribution in [2.45, 2.75) is 76.7 Å². The van der Waals surface area contributed by atoms with Crippen molar-refractivity contribution in [3.63, 3.8) is 0 Å². The molecule has 7 rings (SSSR count). The molecule has 1 saturated heterocycles. The van der Waals surface area contributed by atoms with E-state index in [2.05, 4.69) is 6.92 Å². The monoisotopic (exact) mass is 663 g/mol. The number of hydrogen-bond acceptors (Lipinski definition) is 9. The molecule has 5 aliphatic rings. The van der Waals surface area contributed by atoms with Crippen LogP contribution in [0.25, 0.3) is 0 Å². The second kappa shape index (κ2) is 11.9. The number of rotatable bonds is 8. The first-order valence-corrected chi connectivity index (χ1v) is 17.6. The number of nitrogens with two attached hydrogens (primary N) is 1. The molecule has 10 nitrogen and oxygen atoms in total. The van der Waals surface area contributed by atoms with E-state index < -0.39 is 55.6 Å². The van der Waals surface area contributed by atoms with Crippen LogP contribution in [0.5, 0.6) is 0 Å². The normalized spacial score (nSPS) is 37.8. The first-order chi connectivity index (χ1) is 22.4. The zero-order valence-electron chi connectivity index (χ0n) is 26.6. The first kappa shape index (κ1) is 32.6. The van der Waals surface area contributed by atoms with Gasteiger partial charge >= 0.3 is 8.25 Å². The molecule has 2 aromatic rings. The molecule has 5 N–H and O–H groups in total. The van der Waals surface area contributed by atoms with Crippen LogP contribution >= 0.6 is 8.25 Å². The van der Waals surface area contributed by atoms with Crippen LogP contribution in [0.3, 0.4) is 0 Å². The van der Waals surface area contributed by atoms with E-state index in [0.717, 1.165) is 35.1 Å². The Labute approximate surface area is 274 Å². The van der Waals surface area contributed by atoms with Gasteiger partial charge in [0.2, 0.25) is 0 Å². The van der Waals surface area contributed by atoms with Gasteiger partial charge in [-0.25, -0.2) is 0 Å². The number of hydrogen-bond donors (Lipinski definition) is 4. The third-order valence-corrected chi connectivity index (χ3v) is 12.4. The Morgan fingerprint density at radius 2 is 1.89 bits per heavy atom. The summed E-state index contributed by atoms with van der Waals surface area (Å²) in [5.74, 6) is -0.623. The molecular formula is C36H42NO9P. The summed E-state index contributed by atoms with van der Waals surface area (Å²) in [4.78, 5) is 35.8. The molecule has 2 aromatic carbocycles. The van der Waals surface area contributed by atoms with Crippen LogP contribution in [0.2, 0.25) is 0 Å². The molecular weight excluding hydrogens is 621 g/mol. The van der Waals surface area contributed by atoms with E-state index in [0.29, 0.717) is 24.1 Å². The lowest BCUT2D eigenvalue weighted by Gasteiger charge is -2.59. The molecule has 0 radical (unpaired) electrons. The quantitative estimate of drug-likeness (QED) is 0.236. The summed E-state index contributed by atoms with van der Waals surface area (Å²) in [5, 5.41) is 21.5. The molecule has 0 bridgehead atoms. The molecule has 47 heavy (non-hydrogen) atoms. The lowest BCUT2D eigenvalue weighted by atomic mass is 9.46. The molecule has 4 fully saturated rings. The number of fused-ring (bicyclic) bond motifs is 7. The summed E-state index contributed by atoms with van der Waals surface area (Å²) in [6, 6.07) is 13.4. The highest BCUT2D eigenvalue weighted by atomic mass is 31.1. The fourth-order valence-corrected chi connectivity index (χ4v) is 10.1. The number of benzene rings is 2. The number of carbonyl (C=O) groups is 2. The number of nitrogen functional groups attached to an aromatic ring is 1. The summed E-state index contributed by atoms with van der Waals surface area (Å²) in [5.41, 5.74) is 8.16. The van der Waals surface area contributed by atoms with E-state index in [4.69, 9.17) is 19.7 Å². The number of ketones is 2. The minimum Gasteiger partial charge on any atom is -0.398 e. The molecule has 11 heteroatoms. The molecule has 0 amide bonds. The molecule has 0 aromatic heterocycles. The average Bonchev–Trinajstić information content (AvgIpc) is 3.54. The number of anilines is 1. The Kier molecular flexibility index (Phi) is 8.24. The van der Waals surface area contributed by atoms with Crippen molar-refractivity contribution < 1.29 is 43.3 Å². The van der Waals surface area contributed by atoms with Gasteiger partial charge in [-0.05, 0) is 73.3 Å². The fraction of sp³-hybridized carbons (Fsp3) is 0.500. The zero-order chi connectivity index (χ0) is 33.3. The van der Waals surface area contributed by atoms with E-state index >= 15 is 0 Å². The fourth-order valence-electron chi connectivity index (χ4n) is 9.89. The maximum Gasteiger partial charge on any atom is 0.317 e. The van der Waals surface area contributed by atoms with Crippen LogP contribution in [-0.2, 0) is 41.2 Å². The standard InChI is InChI=1S/C36H42NO9P/c1-34-12-11-25(39)15-24(34)8-9-26-27-16-31-36(30(41)19-44-47(42)43,35(27,2)17-29(40)32(26)34)46-33(45-31)22-6-3-20(4-7-22)13-21-5-10-28(37)23(14-21)18-38/h3-7,10-12,14-15,26-27,29,31-33,38,40,47H,8-9,13,16-19,37H2,1-2H3,(H,42,43)/t26-,27-,29-,31+,32+,33+,34-,35-,36+/m0/s1. The van der Waals surface area contributed by atoms with Gasteiger partial charge in [0.25, 0.3) is 0 Å². The molecule has 10 atom stereocenters. The number of aliphatic hydroxyl groups excluding tert-OH is 2. The average molecular weight is 664 g/mol. The van der Waals surface area contributed by atoms with Crippen molar-refractivity contribution in [3.05, 3.63) is 88.5 Å². The Hall–Kier alpha value is -2.95. The van der Waals surface area contributed by atoms with Gasteiger partial charge < -0.3 is 34.8 Å². The van der Waals surface area contributed by atoms with E-state index in [1.54, 1.807) is 18.2 Å². The molecule has 250 valence electrons. The summed E-state index contributed by atoms with van der Waals surface area (Å²) in [6.07, 6.45) is 5.88. The van der Waals surface area contributed by atoms with Gasteiger partial charge in [-0.2, -0.15) is 0 Å². The number of aliphatic hydroxyl groups is 2. The second-order valence-corrected chi connectivity index (χ2v) is 15.2. The van der Waals surface area contributed by atoms with Crippen molar-refractivity contribution in [3.8, 4) is 0 Å². The van der Waals surface area contributed by atoms with Crippen molar-refractivity contribution >= 4 is 25.5 Å². The predicted octanol–water partition coefficient (Wildman–Crippen LogP) is 4.36. The van der Waals surface area contributed by atoms with Gasteiger partial charge in [0.05, 0.1) is 18.8 Å². The summed E-state index contributed by atoms with van der Waals surface area (Å²) in [6.45, 7) is 3.36. The SMILES string of the molecule is C[C@]12C=CC(=O)C=C1CC[C@@H]1[C@@H]2[C@@H](O)C[C@@]2(C)[C@H]1C[C@H]1O[C@@H](c3ccc(Cc4ccc(N)c(CO)c4)cc3)O[C@]12C(=O)CO[PH](=O)O. The van der Waals surface area contributed by atoms with E-state index in [9.17, 15) is 29.3 Å². The largest absolute Gasteiger partial charge is 0.398 e. The number of Topliss-reactive ketones (excluding diaryl/α,β-unsaturated/α-hetero) is 1. The van der Waals surface area contributed by atoms with Gasteiger partial charge in [-0.15, -0.1) is 0 Å². The zero-order valence-corrected chi connectivity index (χ0v) is 27.6. The topological polar surface area (TPSA) is 166 Å². The van der Waals surface area contributed by atoms with Crippen molar-refractivity contribution in [2.75, 3.05) is 12.3 Å². The molecule has 1 unspecified atom stereocenters. The number of allylic oxidation sites excluding steroid dienone is 4. The molecule has 1 heterocycles. The number of carbonyl (C=O) groups excluding carboxylic acids is 2. The third-order valence-electron chi connectivity index (χ3n) is 12.0. The molecule has 3 saturated carbocycles. The summed E-state index contributed by atoms with van der Waals surface area (Å²) < 4.78 is 29.9. The van der Waals surface area contributed by atoms with Gasteiger partial charge in [-0.1, -0.05) is 61.9 Å². The maximum atomic E-state index is 14.2. The van der Waals surface area contributed by atoms with Gasteiger partial charge in [-0.3, -0.25) is 14.2 Å². The highest BCUT2D eigenvalue weighted by molar-refractivity contribution is 7.32. The molecule has 0 spiro atoms. The highest BCUT2D eigenvalue weighted by Crippen LogP contribution is 2.70. The Morgan fingerprint density at radius 3 is 2.62 bits per heavy atom. The van der Waals surface area contributed by atoms with E-state index in [1.165, 1.54) is 0 Å². The van der Waals surface area contributed by atoms with Crippen molar-refractivity contribution in [1.29, 1.82) is 0 Å². The Morgan fingerprint density at radius 1 is 1.15 bits per heavy atom. The number of ether oxygens (including phenoxy) is 2. The third kappa shape index (κ3) is 5.12. The van der Waals surface area contributed by atoms with Crippen LogP contribution in [0.15, 0.2) is 66.3 Å². The van der Waals surface area contributed by atoms with Crippen LogP contribution in [0.1, 0.15) is 68.1 Å². The first-order valence-electron chi connectivity index (χ1n) is 16.3. The molecule has 1 aliphatic heterocycles. The van der Waals surface area contributed by atoms with Crippen LogP contribution in [-0.4, -0.2) is 51.1 Å². The summed E-state index contributed by atoms with van der Waals surface area (Å²) in [7, 11) is -3.37. The smallest absolute Gasteiger partial charge is 0.317 e. The highest BCUT2D eigenvalue weighted by Gasteiger charge is 2.76. The molecule has 4 aliphatic carbocycles. The minimum atomic E-state index is -3.37. The van der Waals surface area contributed by atoms with E-state index in [1.807, 2.05) is 49.4 Å². The second-order valence-electron chi connectivity index (χ2n) is 14.3. The summed E-state index contributed by atoms with van der Waals surface area (Å²) >= 11 is 0. The maximum absolute atomic E-state index is 14.2. The van der Waals surface area contributed by atoms with Crippen LogP contribution in [0, 0.1) is 28.6 Å².